The quantitative estimate of drug-likeness (QED) is 0.515. The summed E-state index contributed by atoms with van der Waals surface area (Å²) in [6.07, 6.45) is 6.33. The molecule has 0 saturated heterocycles. The predicted molar refractivity (Wildman–Crippen MR) is 44.7 cm³/mol. The summed E-state index contributed by atoms with van der Waals surface area (Å²) in [5, 5.41) is 0. The molecule has 0 radical (unpaired) electrons. The zero-order valence-corrected chi connectivity index (χ0v) is 7.14. The lowest BCUT2D eigenvalue weighted by molar-refractivity contribution is -0.535. The monoisotopic (exact) mass is 140 g/mol. The summed E-state index contributed by atoms with van der Waals surface area (Å²) in [5.41, 5.74) is 0. The van der Waals surface area contributed by atoms with Crippen molar-refractivity contribution in [1.29, 1.82) is 0 Å². The first-order chi connectivity index (χ1) is 4.83. The van der Waals surface area contributed by atoms with Gasteiger partial charge in [-0.15, -0.1) is 0 Å². The Balaban J connectivity index is 2.36. The maximum absolute atomic E-state index is 2.47. The van der Waals surface area contributed by atoms with Gasteiger partial charge < -0.3 is 0 Å². The lowest BCUT2D eigenvalue weighted by Crippen LogP contribution is -2.25. The Hall–Kier alpha value is -0.330. The normalized spacial score (nSPS) is 26.2. The number of rotatable bonds is 2. The average Bonchev–Trinajstić information content (AvgIpc) is 1.88. The molecule has 0 spiro atoms. The summed E-state index contributed by atoms with van der Waals surface area (Å²) < 4.78 is 2.47. The third kappa shape index (κ3) is 2.13. The molecule has 58 valence electrons. The van der Waals surface area contributed by atoms with Gasteiger partial charge in [0.2, 0.25) is 0 Å². The van der Waals surface area contributed by atoms with E-state index in [0.717, 1.165) is 5.92 Å². The van der Waals surface area contributed by atoms with Crippen molar-refractivity contribution in [2.24, 2.45) is 5.92 Å². The largest absolute Gasteiger partial charge is 0.239 e. The molecular weight excluding hydrogens is 122 g/mol. The Morgan fingerprint density at radius 3 is 3.00 bits per heavy atom. The summed E-state index contributed by atoms with van der Waals surface area (Å²) in [6.45, 7) is 7.13. The topological polar surface area (TPSA) is 3.01 Å². The van der Waals surface area contributed by atoms with Crippen LogP contribution in [0.2, 0.25) is 0 Å². The zero-order chi connectivity index (χ0) is 7.40. The fourth-order valence-corrected chi connectivity index (χ4v) is 1.58. The maximum atomic E-state index is 2.47. The molecule has 0 aromatic rings. The molecule has 1 aliphatic rings. The molecule has 10 heavy (non-hydrogen) atoms. The molecule has 1 unspecified atom stereocenters. The Morgan fingerprint density at radius 1 is 1.60 bits per heavy atom. The van der Waals surface area contributed by atoms with E-state index in [-0.39, 0.29) is 0 Å². The SMILES string of the molecule is CCC[N+]1=CCCC(C)C1. The number of hydrogen-bond acceptors (Lipinski definition) is 0. The van der Waals surface area contributed by atoms with Crippen molar-refractivity contribution in [1.82, 2.24) is 0 Å². The van der Waals surface area contributed by atoms with Crippen LogP contribution >= 0.6 is 0 Å². The summed E-state index contributed by atoms with van der Waals surface area (Å²) in [6, 6.07) is 0. The second-order valence-electron chi connectivity index (χ2n) is 3.36. The van der Waals surface area contributed by atoms with Crippen LogP contribution in [0.5, 0.6) is 0 Å². The summed E-state index contributed by atoms with van der Waals surface area (Å²) >= 11 is 0. The minimum Gasteiger partial charge on any atom is -0.239 e. The highest BCUT2D eigenvalue weighted by atomic mass is 15.0. The van der Waals surface area contributed by atoms with Crippen molar-refractivity contribution >= 4 is 6.21 Å². The van der Waals surface area contributed by atoms with E-state index in [1.165, 1.54) is 32.4 Å². The molecule has 0 aliphatic carbocycles. The van der Waals surface area contributed by atoms with Crippen LogP contribution in [-0.4, -0.2) is 23.9 Å². The van der Waals surface area contributed by atoms with Gasteiger partial charge in [0.05, 0.1) is 0 Å². The first kappa shape index (κ1) is 7.77. The van der Waals surface area contributed by atoms with Crippen molar-refractivity contribution in [3.05, 3.63) is 0 Å². The Bertz CT molecular complexity index is 127. The van der Waals surface area contributed by atoms with Crippen molar-refractivity contribution in [2.45, 2.75) is 33.1 Å². The van der Waals surface area contributed by atoms with Gasteiger partial charge in [0.15, 0.2) is 0 Å². The van der Waals surface area contributed by atoms with Crippen molar-refractivity contribution in [3.8, 4) is 0 Å². The van der Waals surface area contributed by atoms with E-state index in [9.17, 15) is 0 Å². The Morgan fingerprint density at radius 2 is 2.40 bits per heavy atom. The second kappa shape index (κ2) is 3.75. The predicted octanol–water partition coefficient (Wildman–Crippen LogP) is 1.91. The number of hydrogen-bond donors (Lipinski definition) is 0. The molecule has 1 rings (SSSR count). The highest BCUT2D eigenvalue weighted by Crippen LogP contribution is 2.08. The van der Waals surface area contributed by atoms with Gasteiger partial charge >= 0.3 is 0 Å². The number of nitrogens with zero attached hydrogens (tertiary/aromatic N) is 1. The van der Waals surface area contributed by atoms with E-state index in [4.69, 9.17) is 0 Å². The Kier molecular flexibility index (Phi) is 2.91. The summed E-state index contributed by atoms with van der Waals surface area (Å²) in [7, 11) is 0. The van der Waals surface area contributed by atoms with Crippen molar-refractivity contribution < 1.29 is 4.58 Å². The molecule has 0 bridgehead atoms. The summed E-state index contributed by atoms with van der Waals surface area (Å²) in [4.78, 5) is 0. The molecular formula is C9H18N+. The van der Waals surface area contributed by atoms with Crippen molar-refractivity contribution in [2.75, 3.05) is 13.1 Å². The highest BCUT2D eigenvalue weighted by Gasteiger charge is 2.14. The fourth-order valence-electron chi connectivity index (χ4n) is 1.58. The molecule has 1 nitrogen and oxygen atoms in total. The zero-order valence-electron chi connectivity index (χ0n) is 7.14. The van der Waals surface area contributed by atoms with Crippen LogP contribution < -0.4 is 0 Å². The molecule has 1 atom stereocenters. The van der Waals surface area contributed by atoms with E-state index >= 15 is 0 Å². The van der Waals surface area contributed by atoms with E-state index in [1.54, 1.807) is 0 Å². The third-order valence-electron chi connectivity index (χ3n) is 2.10. The first-order valence-corrected chi connectivity index (χ1v) is 4.40. The molecule has 0 amide bonds. The van der Waals surface area contributed by atoms with E-state index in [1.807, 2.05) is 0 Å². The van der Waals surface area contributed by atoms with Gasteiger partial charge in [-0.25, -0.2) is 4.58 Å². The van der Waals surface area contributed by atoms with E-state index in [2.05, 4.69) is 24.6 Å². The lowest BCUT2D eigenvalue weighted by atomic mass is 10.0. The maximum Gasteiger partial charge on any atom is 0.145 e. The molecule has 0 saturated carbocycles. The van der Waals surface area contributed by atoms with Gasteiger partial charge in [-0.3, -0.25) is 0 Å². The third-order valence-corrected chi connectivity index (χ3v) is 2.10. The molecule has 1 aliphatic heterocycles. The van der Waals surface area contributed by atoms with Crippen LogP contribution in [-0.2, 0) is 0 Å². The van der Waals surface area contributed by atoms with E-state index < -0.39 is 0 Å². The van der Waals surface area contributed by atoms with Crippen LogP contribution in [0.1, 0.15) is 33.1 Å². The lowest BCUT2D eigenvalue weighted by Gasteiger charge is -2.13. The van der Waals surface area contributed by atoms with Crippen LogP contribution in [0.15, 0.2) is 0 Å². The van der Waals surface area contributed by atoms with Crippen LogP contribution in [0.25, 0.3) is 0 Å². The van der Waals surface area contributed by atoms with E-state index in [0.29, 0.717) is 0 Å². The van der Waals surface area contributed by atoms with Crippen LogP contribution in [0.4, 0.5) is 0 Å². The summed E-state index contributed by atoms with van der Waals surface area (Å²) in [5.74, 6) is 0.913. The van der Waals surface area contributed by atoms with Crippen molar-refractivity contribution in [3.63, 3.8) is 0 Å². The molecule has 0 aromatic heterocycles. The van der Waals surface area contributed by atoms with Gasteiger partial charge in [0.25, 0.3) is 0 Å². The van der Waals surface area contributed by atoms with Gasteiger partial charge in [-0.05, 0) is 6.42 Å². The molecule has 0 fully saturated rings. The van der Waals surface area contributed by atoms with Gasteiger partial charge in [-0.2, -0.15) is 0 Å². The second-order valence-corrected chi connectivity index (χ2v) is 3.36. The molecule has 0 N–H and O–H groups in total. The highest BCUT2D eigenvalue weighted by molar-refractivity contribution is 5.51. The Labute approximate surface area is 63.8 Å². The minimum atomic E-state index is 0.913. The smallest absolute Gasteiger partial charge is 0.145 e. The van der Waals surface area contributed by atoms with Crippen LogP contribution in [0.3, 0.4) is 0 Å². The first-order valence-electron chi connectivity index (χ1n) is 4.40. The van der Waals surface area contributed by atoms with Crippen LogP contribution in [0, 0.1) is 5.92 Å². The molecule has 0 aromatic carbocycles. The molecule has 1 heterocycles. The van der Waals surface area contributed by atoms with Gasteiger partial charge in [-0.1, -0.05) is 13.8 Å². The average molecular weight is 140 g/mol. The fraction of sp³-hybridized carbons (Fsp3) is 0.889. The van der Waals surface area contributed by atoms with Gasteiger partial charge in [0, 0.05) is 18.8 Å². The standard InChI is InChI=1S/C9H18N/c1-3-6-10-7-4-5-9(2)8-10/h7,9H,3-6,8H2,1-2H3/q+1. The molecule has 1 heteroatoms. The van der Waals surface area contributed by atoms with Gasteiger partial charge in [0.1, 0.15) is 19.3 Å². The minimum absolute atomic E-state index is 0.913.